The molecular weight excluding hydrogens is 226 g/mol. The molecule has 0 fully saturated rings. The second kappa shape index (κ2) is 5.10. The van der Waals surface area contributed by atoms with E-state index in [2.05, 4.69) is 0 Å². The van der Waals surface area contributed by atoms with E-state index in [4.69, 9.17) is 5.26 Å². The Morgan fingerprint density at radius 1 is 1.50 bits per heavy atom. The van der Waals surface area contributed by atoms with E-state index in [1.54, 1.807) is 24.3 Å². The average Bonchev–Trinajstić information content (AvgIpc) is 2.25. The summed E-state index contributed by atoms with van der Waals surface area (Å²) in [5.41, 5.74) is 1.03. The minimum atomic E-state index is -3.07. The molecule has 86 valence electrons. The maximum atomic E-state index is 10.9. The summed E-state index contributed by atoms with van der Waals surface area (Å²) in [7, 11) is -3.07. The fourth-order valence-electron chi connectivity index (χ4n) is 1.31. The molecule has 4 nitrogen and oxygen atoms in total. The fourth-order valence-corrected chi connectivity index (χ4v) is 1.96. The number of sulfone groups is 1. The highest BCUT2D eigenvalue weighted by Crippen LogP contribution is 2.18. The fraction of sp³-hybridized carbons (Fsp3) is 0.364. The van der Waals surface area contributed by atoms with Crippen LogP contribution in [0, 0.1) is 11.3 Å². The molecule has 1 aromatic carbocycles. The Morgan fingerprint density at radius 2 is 2.19 bits per heavy atom. The molecule has 0 saturated carbocycles. The molecule has 1 atom stereocenters. The van der Waals surface area contributed by atoms with Crippen LogP contribution >= 0.6 is 0 Å². The minimum absolute atomic E-state index is 0.0645. The molecule has 1 rings (SSSR count). The molecule has 1 unspecified atom stereocenters. The maximum absolute atomic E-state index is 10.9. The smallest absolute Gasteiger partial charge is 0.147 e. The van der Waals surface area contributed by atoms with Crippen molar-refractivity contribution in [3.63, 3.8) is 0 Å². The number of aliphatic hydroxyl groups excluding tert-OH is 1. The van der Waals surface area contributed by atoms with Crippen LogP contribution in [0.2, 0.25) is 0 Å². The van der Waals surface area contributed by atoms with Gasteiger partial charge >= 0.3 is 0 Å². The molecule has 0 amide bonds. The van der Waals surface area contributed by atoms with Gasteiger partial charge in [-0.3, -0.25) is 0 Å². The highest BCUT2D eigenvalue weighted by molar-refractivity contribution is 7.90. The van der Waals surface area contributed by atoms with Crippen molar-refractivity contribution < 1.29 is 13.5 Å². The van der Waals surface area contributed by atoms with E-state index in [0.717, 1.165) is 6.26 Å². The number of hydrogen-bond acceptors (Lipinski definition) is 4. The van der Waals surface area contributed by atoms with E-state index in [1.807, 2.05) is 6.07 Å². The summed E-state index contributed by atoms with van der Waals surface area (Å²) in [6.07, 6.45) is 0.432. The van der Waals surface area contributed by atoms with Crippen molar-refractivity contribution in [3.05, 3.63) is 35.4 Å². The van der Waals surface area contributed by atoms with Crippen molar-refractivity contribution in [2.45, 2.75) is 12.5 Å². The van der Waals surface area contributed by atoms with Gasteiger partial charge in [0.15, 0.2) is 0 Å². The average molecular weight is 239 g/mol. The molecule has 16 heavy (non-hydrogen) atoms. The number of aliphatic hydroxyl groups is 1. The Hall–Kier alpha value is -1.38. The summed E-state index contributed by atoms with van der Waals surface area (Å²) in [6, 6.07) is 8.50. The van der Waals surface area contributed by atoms with Crippen LogP contribution in [0.3, 0.4) is 0 Å². The van der Waals surface area contributed by atoms with Crippen molar-refractivity contribution in [2.75, 3.05) is 12.0 Å². The van der Waals surface area contributed by atoms with Gasteiger partial charge in [-0.05, 0) is 24.1 Å². The van der Waals surface area contributed by atoms with Gasteiger partial charge in [-0.25, -0.2) is 8.42 Å². The lowest BCUT2D eigenvalue weighted by Crippen LogP contribution is -2.08. The molecule has 0 aliphatic carbocycles. The Bertz CT molecular complexity index is 502. The third kappa shape index (κ3) is 4.01. The third-order valence-corrected chi connectivity index (χ3v) is 3.14. The van der Waals surface area contributed by atoms with Crippen molar-refractivity contribution in [1.29, 1.82) is 5.26 Å². The van der Waals surface area contributed by atoms with E-state index < -0.39 is 15.9 Å². The summed E-state index contributed by atoms with van der Waals surface area (Å²) in [6.45, 7) is 0. The van der Waals surface area contributed by atoms with E-state index >= 15 is 0 Å². The maximum Gasteiger partial charge on any atom is 0.147 e. The number of hydrogen-bond donors (Lipinski definition) is 1. The summed E-state index contributed by atoms with van der Waals surface area (Å²) in [5.74, 6) is -0.0645. The predicted octanol–water partition coefficient (Wildman–Crippen LogP) is 1.03. The second-order valence-electron chi connectivity index (χ2n) is 3.67. The van der Waals surface area contributed by atoms with Crippen molar-refractivity contribution in [3.8, 4) is 6.07 Å². The zero-order valence-electron chi connectivity index (χ0n) is 8.92. The van der Waals surface area contributed by atoms with Crippen LogP contribution in [0.5, 0.6) is 0 Å². The number of nitrogens with zero attached hydrogens (tertiary/aromatic N) is 1. The number of rotatable bonds is 4. The summed E-state index contributed by atoms with van der Waals surface area (Å²) >= 11 is 0. The van der Waals surface area contributed by atoms with Crippen LogP contribution in [0.4, 0.5) is 0 Å². The Labute approximate surface area is 95.1 Å². The first-order chi connectivity index (χ1) is 7.42. The van der Waals surface area contributed by atoms with E-state index in [1.165, 1.54) is 0 Å². The molecular formula is C11H13NO3S. The molecule has 5 heteroatoms. The minimum Gasteiger partial charge on any atom is -0.388 e. The van der Waals surface area contributed by atoms with Crippen molar-refractivity contribution >= 4 is 9.84 Å². The topological polar surface area (TPSA) is 78.2 Å². The van der Waals surface area contributed by atoms with Gasteiger partial charge in [-0.15, -0.1) is 0 Å². The lowest BCUT2D eigenvalue weighted by molar-refractivity contribution is 0.174. The molecule has 1 aromatic rings. The lowest BCUT2D eigenvalue weighted by Gasteiger charge is -2.10. The third-order valence-electron chi connectivity index (χ3n) is 2.16. The second-order valence-corrected chi connectivity index (χ2v) is 5.93. The molecule has 0 aliphatic heterocycles. The predicted molar refractivity (Wildman–Crippen MR) is 60.4 cm³/mol. The molecule has 0 spiro atoms. The van der Waals surface area contributed by atoms with Gasteiger partial charge in [0.2, 0.25) is 0 Å². The molecule has 0 aliphatic rings. The Balaban J connectivity index is 2.74. The van der Waals surface area contributed by atoms with E-state index in [9.17, 15) is 13.5 Å². The van der Waals surface area contributed by atoms with Crippen LogP contribution in [0.15, 0.2) is 24.3 Å². The standard InChI is InChI=1S/C11H13NO3S/c1-16(14,15)6-5-11(13)10-4-2-3-9(7-10)8-12/h2-4,7,11,13H,5-6H2,1H3. The molecule has 0 saturated heterocycles. The summed E-state index contributed by atoms with van der Waals surface area (Å²) in [5, 5.41) is 18.4. The first-order valence-electron chi connectivity index (χ1n) is 4.78. The van der Waals surface area contributed by atoms with Gasteiger partial charge in [-0.1, -0.05) is 12.1 Å². The molecule has 0 heterocycles. The SMILES string of the molecule is CS(=O)(=O)CCC(O)c1cccc(C#N)c1. The normalized spacial score (nSPS) is 13.1. The highest BCUT2D eigenvalue weighted by Gasteiger charge is 2.11. The quantitative estimate of drug-likeness (QED) is 0.851. The van der Waals surface area contributed by atoms with Crippen LogP contribution in [-0.4, -0.2) is 25.5 Å². The van der Waals surface area contributed by atoms with Gasteiger partial charge in [-0.2, -0.15) is 5.26 Å². The van der Waals surface area contributed by atoms with Crippen molar-refractivity contribution in [2.24, 2.45) is 0 Å². The Kier molecular flexibility index (Phi) is 4.05. The lowest BCUT2D eigenvalue weighted by atomic mass is 10.1. The van der Waals surface area contributed by atoms with Crippen LogP contribution < -0.4 is 0 Å². The highest BCUT2D eigenvalue weighted by atomic mass is 32.2. The van der Waals surface area contributed by atoms with Gasteiger partial charge in [0, 0.05) is 6.26 Å². The van der Waals surface area contributed by atoms with E-state index in [-0.39, 0.29) is 12.2 Å². The van der Waals surface area contributed by atoms with Crippen LogP contribution in [-0.2, 0) is 9.84 Å². The largest absolute Gasteiger partial charge is 0.388 e. The number of nitriles is 1. The van der Waals surface area contributed by atoms with Crippen molar-refractivity contribution in [1.82, 2.24) is 0 Å². The van der Waals surface area contributed by atoms with E-state index in [0.29, 0.717) is 11.1 Å². The van der Waals surface area contributed by atoms with Crippen LogP contribution in [0.1, 0.15) is 23.7 Å². The Morgan fingerprint density at radius 3 is 2.75 bits per heavy atom. The molecule has 1 N–H and O–H groups in total. The van der Waals surface area contributed by atoms with Gasteiger partial charge in [0.25, 0.3) is 0 Å². The van der Waals surface area contributed by atoms with Gasteiger partial charge in [0.1, 0.15) is 9.84 Å². The number of benzene rings is 1. The first kappa shape index (κ1) is 12.7. The monoisotopic (exact) mass is 239 g/mol. The molecule has 0 aromatic heterocycles. The first-order valence-corrected chi connectivity index (χ1v) is 6.84. The molecule has 0 bridgehead atoms. The summed E-state index contributed by atoms with van der Waals surface area (Å²) in [4.78, 5) is 0. The summed E-state index contributed by atoms with van der Waals surface area (Å²) < 4.78 is 21.9. The molecule has 0 radical (unpaired) electrons. The van der Waals surface area contributed by atoms with Crippen LogP contribution in [0.25, 0.3) is 0 Å². The van der Waals surface area contributed by atoms with Gasteiger partial charge in [0.05, 0.1) is 23.5 Å². The van der Waals surface area contributed by atoms with Gasteiger partial charge < -0.3 is 5.11 Å². The zero-order chi connectivity index (χ0) is 12.2. The zero-order valence-corrected chi connectivity index (χ0v) is 9.74.